The Labute approximate surface area is 97.6 Å². The maximum Gasteiger partial charge on any atom is 0.0399 e. The second-order valence-electron chi connectivity index (χ2n) is 4.95. The number of hydrogen-bond acceptors (Lipinski definition) is 2. The van der Waals surface area contributed by atoms with Gasteiger partial charge < -0.3 is 10.2 Å². The van der Waals surface area contributed by atoms with E-state index in [0.717, 1.165) is 6.04 Å². The lowest BCUT2D eigenvalue weighted by Crippen LogP contribution is -2.29. The van der Waals surface area contributed by atoms with Gasteiger partial charge in [-0.2, -0.15) is 0 Å². The molecule has 1 atom stereocenters. The number of para-hydroxylation sites is 1. The molecule has 1 fully saturated rings. The molecule has 2 nitrogen and oxygen atoms in total. The summed E-state index contributed by atoms with van der Waals surface area (Å²) in [5.74, 6) is 0. The molecule has 1 unspecified atom stereocenters. The summed E-state index contributed by atoms with van der Waals surface area (Å²) in [5.41, 5.74) is 3.00. The van der Waals surface area contributed by atoms with Crippen molar-refractivity contribution in [1.29, 1.82) is 0 Å². The standard InChI is InChI=1S/C14H20N2/c1-2-6-14-12(4-1)7-10-16(14)11-8-13-5-3-9-15-13/h1-2,4,6,13,15H,3,5,7-11H2. The van der Waals surface area contributed by atoms with E-state index in [0.29, 0.717) is 0 Å². The van der Waals surface area contributed by atoms with Crippen molar-refractivity contribution in [3.8, 4) is 0 Å². The fourth-order valence-corrected chi connectivity index (χ4v) is 2.95. The number of nitrogens with zero attached hydrogens (tertiary/aromatic N) is 1. The van der Waals surface area contributed by atoms with E-state index >= 15 is 0 Å². The third-order valence-electron chi connectivity index (χ3n) is 3.89. The van der Waals surface area contributed by atoms with Gasteiger partial charge in [-0.25, -0.2) is 0 Å². The number of nitrogens with one attached hydrogen (secondary N) is 1. The van der Waals surface area contributed by atoms with Gasteiger partial charge in [0.25, 0.3) is 0 Å². The summed E-state index contributed by atoms with van der Waals surface area (Å²) in [5, 5.41) is 3.58. The van der Waals surface area contributed by atoms with Crippen LogP contribution in [0, 0.1) is 0 Å². The van der Waals surface area contributed by atoms with E-state index in [4.69, 9.17) is 0 Å². The quantitative estimate of drug-likeness (QED) is 0.833. The van der Waals surface area contributed by atoms with E-state index in [1.54, 1.807) is 0 Å². The summed E-state index contributed by atoms with van der Waals surface area (Å²) in [6.07, 6.45) is 5.26. The summed E-state index contributed by atoms with van der Waals surface area (Å²) in [6.45, 7) is 3.65. The Morgan fingerprint density at radius 2 is 2.25 bits per heavy atom. The number of anilines is 1. The van der Waals surface area contributed by atoms with Crippen LogP contribution in [0.4, 0.5) is 5.69 Å². The molecular weight excluding hydrogens is 196 g/mol. The van der Waals surface area contributed by atoms with Gasteiger partial charge in [-0.05, 0) is 43.9 Å². The number of benzene rings is 1. The van der Waals surface area contributed by atoms with Crippen LogP contribution >= 0.6 is 0 Å². The molecule has 2 aliphatic rings. The van der Waals surface area contributed by atoms with Crippen LogP contribution in [0.3, 0.4) is 0 Å². The Hall–Kier alpha value is -1.02. The summed E-state index contributed by atoms with van der Waals surface area (Å²) in [4.78, 5) is 2.55. The zero-order valence-corrected chi connectivity index (χ0v) is 9.78. The lowest BCUT2D eigenvalue weighted by molar-refractivity contribution is 0.554. The SMILES string of the molecule is c1ccc2c(c1)CCN2CCC1CCCN1. The molecule has 3 rings (SSSR count). The van der Waals surface area contributed by atoms with E-state index in [1.807, 2.05) is 0 Å². The highest BCUT2D eigenvalue weighted by Gasteiger charge is 2.20. The average molecular weight is 216 g/mol. The third-order valence-corrected chi connectivity index (χ3v) is 3.89. The van der Waals surface area contributed by atoms with Crippen molar-refractivity contribution in [2.75, 3.05) is 24.5 Å². The van der Waals surface area contributed by atoms with Gasteiger partial charge in [-0.3, -0.25) is 0 Å². The van der Waals surface area contributed by atoms with Crippen molar-refractivity contribution in [2.45, 2.75) is 31.7 Å². The number of hydrogen-bond donors (Lipinski definition) is 1. The smallest absolute Gasteiger partial charge is 0.0399 e. The van der Waals surface area contributed by atoms with Gasteiger partial charge >= 0.3 is 0 Å². The van der Waals surface area contributed by atoms with Gasteiger partial charge in [0.15, 0.2) is 0 Å². The van der Waals surface area contributed by atoms with Gasteiger partial charge in [0.1, 0.15) is 0 Å². The minimum absolute atomic E-state index is 0.771. The van der Waals surface area contributed by atoms with Crippen LogP contribution in [-0.4, -0.2) is 25.7 Å². The highest BCUT2D eigenvalue weighted by molar-refractivity contribution is 5.57. The zero-order valence-electron chi connectivity index (χ0n) is 9.78. The molecular formula is C14H20N2. The minimum atomic E-state index is 0.771. The highest BCUT2D eigenvalue weighted by atomic mass is 15.1. The Morgan fingerprint density at radius 1 is 1.31 bits per heavy atom. The highest BCUT2D eigenvalue weighted by Crippen LogP contribution is 2.27. The van der Waals surface area contributed by atoms with Gasteiger partial charge in [0.2, 0.25) is 0 Å². The molecule has 2 aliphatic heterocycles. The largest absolute Gasteiger partial charge is 0.371 e. The molecule has 0 spiro atoms. The molecule has 1 saturated heterocycles. The summed E-state index contributed by atoms with van der Waals surface area (Å²) in [7, 11) is 0. The van der Waals surface area contributed by atoms with E-state index < -0.39 is 0 Å². The molecule has 0 amide bonds. The molecule has 2 heterocycles. The Balaban J connectivity index is 1.60. The molecule has 1 aromatic carbocycles. The average Bonchev–Trinajstić information content (AvgIpc) is 2.96. The van der Waals surface area contributed by atoms with Gasteiger partial charge in [0, 0.05) is 24.8 Å². The van der Waals surface area contributed by atoms with Crippen molar-refractivity contribution >= 4 is 5.69 Å². The van der Waals surface area contributed by atoms with Crippen LogP contribution in [0.1, 0.15) is 24.8 Å². The molecule has 1 N–H and O–H groups in total. The van der Waals surface area contributed by atoms with Crippen LogP contribution in [0.25, 0.3) is 0 Å². The van der Waals surface area contributed by atoms with E-state index in [-0.39, 0.29) is 0 Å². The molecule has 86 valence electrons. The van der Waals surface area contributed by atoms with Crippen LogP contribution in [-0.2, 0) is 6.42 Å². The lowest BCUT2D eigenvalue weighted by Gasteiger charge is -2.21. The molecule has 16 heavy (non-hydrogen) atoms. The van der Waals surface area contributed by atoms with Crippen LogP contribution < -0.4 is 10.2 Å². The lowest BCUT2D eigenvalue weighted by atomic mass is 10.1. The van der Waals surface area contributed by atoms with Crippen molar-refractivity contribution in [2.24, 2.45) is 0 Å². The van der Waals surface area contributed by atoms with E-state index in [9.17, 15) is 0 Å². The first kappa shape index (κ1) is 10.2. The van der Waals surface area contributed by atoms with Crippen LogP contribution in [0.2, 0.25) is 0 Å². The van der Waals surface area contributed by atoms with E-state index in [2.05, 4.69) is 34.5 Å². The van der Waals surface area contributed by atoms with Crippen molar-refractivity contribution < 1.29 is 0 Å². The molecule has 0 saturated carbocycles. The molecule has 0 bridgehead atoms. The first-order chi connectivity index (χ1) is 7.93. The fraction of sp³-hybridized carbons (Fsp3) is 0.571. The molecule has 1 aromatic rings. The van der Waals surface area contributed by atoms with E-state index in [1.165, 1.54) is 56.6 Å². The first-order valence-corrected chi connectivity index (χ1v) is 6.50. The second-order valence-corrected chi connectivity index (χ2v) is 4.95. The van der Waals surface area contributed by atoms with Crippen molar-refractivity contribution in [3.05, 3.63) is 29.8 Å². The minimum Gasteiger partial charge on any atom is -0.371 e. The first-order valence-electron chi connectivity index (χ1n) is 6.50. The molecule has 0 radical (unpaired) electrons. The Bertz CT molecular complexity index is 356. The molecule has 0 aliphatic carbocycles. The predicted octanol–water partition coefficient (Wildman–Crippen LogP) is 2.19. The molecule has 2 heteroatoms. The van der Waals surface area contributed by atoms with Crippen LogP contribution in [0.5, 0.6) is 0 Å². The van der Waals surface area contributed by atoms with Gasteiger partial charge in [0.05, 0.1) is 0 Å². The maximum atomic E-state index is 3.58. The summed E-state index contributed by atoms with van der Waals surface area (Å²) < 4.78 is 0. The second kappa shape index (κ2) is 4.46. The topological polar surface area (TPSA) is 15.3 Å². The Kier molecular flexibility index (Phi) is 2.83. The van der Waals surface area contributed by atoms with Crippen molar-refractivity contribution in [3.63, 3.8) is 0 Å². The summed E-state index contributed by atoms with van der Waals surface area (Å²) >= 11 is 0. The molecule has 0 aromatic heterocycles. The Morgan fingerprint density at radius 3 is 3.12 bits per heavy atom. The monoisotopic (exact) mass is 216 g/mol. The van der Waals surface area contributed by atoms with Crippen molar-refractivity contribution in [1.82, 2.24) is 5.32 Å². The normalized spacial score (nSPS) is 23.8. The van der Waals surface area contributed by atoms with Gasteiger partial charge in [-0.15, -0.1) is 0 Å². The predicted molar refractivity (Wildman–Crippen MR) is 68.0 cm³/mol. The fourth-order valence-electron chi connectivity index (χ4n) is 2.95. The maximum absolute atomic E-state index is 3.58. The van der Waals surface area contributed by atoms with Crippen LogP contribution in [0.15, 0.2) is 24.3 Å². The third kappa shape index (κ3) is 1.94. The zero-order chi connectivity index (χ0) is 10.8. The van der Waals surface area contributed by atoms with Gasteiger partial charge in [-0.1, -0.05) is 18.2 Å². The number of fused-ring (bicyclic) bond motifs is 1. The number of rotatable bonds is 3. The summed E-state index contributed by atoms with van der Waals surface area (Å²) in [6, 6.07) is 9.62.